The van der Waals surface area contributed by atoms with Crippen LogP contribution in [0.2, 0.25) is 0 Å². The second kappa shape index (κ2) is 2.67. The first kappa shape index (κ1) is 7.93. The Bertz CT molecular complexity index is 152. The van der Waals surface area contributed by atoms with Gasteiger partial charge in [0, 0.05) is 11.3 Å². The van der Waals surface area contributed by atoms with Crippen molar-refractivity contribution in [2.75, 3.05) is 5.75 Å². The number of hydrogen-bond donors (Lipinski definition) is 1. The highest BCUT2D eigenvalue weighted by Gasteiger charge is 2.37. The molecule has 11 heavy (non-hydrogen) atoms. The fourth-order valence-corrected chi connectivity index (χ4v) is 3.39. The predicted octanol–water partition coefficient (Wildman–Crippen LogP) is 2.23. The smallest absolute Gasteiger partial charge is 0.0565 e. The van der Waals surface area contributed by atoms with E-state index in [1.54, 1.807) is 0 Å². The summed E-state index contributed by atoms with van der Waals surface area (Å²) in [5, 5.41) is 4.47. The van der Waals surface area contributed by atoms with Crippen LogP contribution >= 0.6 is 11.8 Å². The van der Waals surface area contributed by atoms with Crippen molar-refractivity contribution in [1.29, 1.82) is 0 Å². The lowest BCUT2D eigenvalue weighted by molar-refractivity contribution is 0.264. The lowest BCUT2D eigenvalue weighted by Gasteiger charge is -2.32. The molecule has 0 bridgehead atoms. The maximum absolute atomic E-state index is 3.70. The fourth-order valence-electron chi connectivity index (χ4n) is 1.76. The summed E-state index contributed by atoms with van der Waals surface area (Å²) in [6, 6.07) is 0. The Balaban J connectivity index is 1.88. The van der Waals surface area contributed by atoms with Crippen LogP contribution in [0.3, 0.4) is 0 Å². The van der Waals surface area contributed by atoms with Crippen LogP contribution in [0.15, 0.2) is 0 Å². The molecule has 1 saturated heterocycles. The lowest BCUT2D eigenvalue weighted by Crippen LogP contribution is -2.43. The zero-order valence-corrected chi connectivity index (χ0v) is 8.21. The molecule has 2 rings (SSSR count). The van der Waals surface area contributed by atoms with E-state index in [0.717, 1.165) is 11.3 Å². The molecule has 0 amide bonds. The summed E-state index contributed by atoms with van der Waals surface area (Å²) in [6.45, 7) is 4.61. The van der Waals surface area contributed by atoms with Crippen molar-refractivity contribution < 1.29 is 0 Å². The molecule has 1 saturated carbocycles. The summed E-state index contributed by atoms with van der Waals surface area (Å²) in [5.41, 5.74) is 0.394. The van der Waals surface area contributed by atoms with Crippen LogP contribution in [-0.4, -0.2) is 16.7 Å². The van der Waals surface area contributed by atoms with Gasteiger partial charge in [0.15, 0.2) is 0 Å². The maximum atomic E-state index is 3.70. The molecule has 0 radical (unpaired) electrons. The van der Waals surface area contributed by atoms with Crippen molar-refractivity contribution in [3.8, 4) is 0 Å². The Kier molecular flexibility index (Phi) is 1.92. The Morgan fingerprint density at radius 2 is 2.09 bits per heavy atom. The van der Waals surface area contributed by atoms with Crippen LogP contribution in [0, 0.1) is 5.92 Å². The van der Waals surface area contributed by atoms with E-state index in [1.807, 2.05) is 0 Å². The van der Waals surface area contributed by atoms with Gasteiger partial charge in [-0.05, 0) is 32.6 Å². The molecule has 0 aromatic rings. The Morgan fingerprint density at radius 3 is 2.45 bits per heavy atom. The molecule has 1 aliphatic heterocycles. The molecular weight excluding hydrogens is 154 g/mol. The van der Waals surface area contributed by atoms with E-state index in [2.05, 4.69) is 30.9 Å². The van der Waals surface area contributed by atoms with Crippen LogP contribution in [0.5, 0.6) is 0 Å². The molecule has 1 N–H and O–H groups in total. The molecule has 1 aliphatic carbocycles. The van der Waals surface area contributed by atoms with Gasteiger partial charge in [0.2, 0.25) is 0 Å². The Morgan fingerprint density at radius 1 is 1.36 bits per heavy atom. The Hall–Kier alpha value is 0.310. The van der Waals surface area contributed by atoms with Gasteiger partial charge in [-0.3, -0.25) is 5.32 Å². The topological polar surface area (TPSA) is 12.0 Å². The maximum Gasteiger partial charge on any atom is 0.0565 e. The average Bonchev–Trinajstić information content (AvgIpc) is 2.05. The summed E-state index contributed by atoms with van der Waals surface area (Å²) >= 11 is 2.12. The zero-order chi connectivity index (χ0) is 7.90. The lowest BCUT2D eigenvalue weighted by atomic mass is 9.85. The van der Waals surface area contributed by atoms with Gasteiger partial charge in [-0.2, -0.15) is 0 Å². The highest BCUT2D eigenvalue weighted by molar-refractivity contribution is 8.00. The van der Waals surface area contributed by atoms with E-state index in [9.17, 15) is 0 Å². The van der Waals surface area contributed by atoms with Gasteiger partial charge in [-0.15, -0.1) is 11.8 Å². The van der Waals surface area contributed by atoms with Crippen molar-refractivity contribution in [2.24, 2.45) is 5.92 Å². The first-order chi connectivity index (χ1) is 5.17. The van der Waals surface area contributed by atoms with Crippen LogP contribution < -0.4 is 5.32 Å². The molecule has 1 atom stereocenters. The number of nitrogens with one attached hydrogen (secondary N) is 1. The van der Waals surface area contributed by atoms with Crippen molar-refractivity contribution in [1.82, 2.24) is 5.32 Å². The monoisotopic (exact) mass is 171 g/mol. The number of hydrogen-bond acceptors (Lipinski definition) is 2. The van der Waals surface area contributed by atoms with Crippen LogP contribution in [0.4, 0.5) is 0 Å². The molecule has 0 spiro atoms. The second-order valence-electron chi connectivity index (χ2n) is 4.45. The van der Waals surface area contributed by atoms with Gasteiger partial charge in [0.25, 0.3) is 0 Å². The van der Waals surface area contributed by atoms with Gasteiger partial charge in [0.05, 0.1) is 5.37 Å². The molecule has 2 fully saturated rings. The average molecular weight is 171 g/mol. The predicted molar refractivity (Wildman–Crippen MR) is 50.8 cm³/mol. The first-order valence-electron chi connectivity index (χ1n) is 4.57. The molecule has 2 heteroatoms. The summed E-state index contributed by atoms with van der Waals surface area (Å²) in [5.74, 6) is 2.27. The van der Waals surface area contributed by atoms with E-state index in [-0.39, 0.29) is 0 Å². The van der Waals surface area contributed by atoms with E-state index in [1.165, 1.54) is 25.0 Å². The van der Waals surface area contributed by atoms with Gasteiger partial charge in [-0.1, -0.05) is 6.42 Å². The second-order valence-corrected chi connectivity index (χ2v) is 5.58. The minimum atomic E-state index is 0.394. The van der Waals surface area contributed by atoms with Gasteiger partial charge in [0.1, 0.15) is 0 Å². The van der Waals surface area contributed by atoms with E-state index in [0.29, 0.717) is 5.54 Å². The molecule has 2 aliphatic rings. The van der Waals surface area contributed by atoms with Crippen molar-refractivity contribution in [3.05, 3.63) is 0 Å². The molecular formula is C9H17NS. The quantitative estimate of drug-likeness (QED) is 0.649. The van der Waals surface area contributed by atoms with Crippen LogP contribution in [0.1, 0.15) is 33.1 Å². The minimum absolute atomic E-state index is 0.394. The van der Waals surface area contributed by atoms with Crippen molar-refractivity contribution in [2.45, 2.75) is 44.0 Å². The molecule has 1 unspecified atom stereocenters. The highest BCUT2D eigenvalue weighted by Crippen LogP contribution is 2.39. The third-order valence-corrected chi connectivity index (χ3v) is 4.48. The van der Waals surface area contributed by atoms with E-state index >= 15 is 0 Å². The van der Waals surface area contributed by atoms with Gasteiger partial charge >= 0.3 is 0 Å². The highest BCUT2D eigenvalue weighted by atomic mass is 32.2. The molecule has 64 valence electrons. The minimum Gasteiger partial charge on any atom is -0.299 e. The van der Waals surface area contributed by atoms with Gasteiger partial charge < -0.3 is 0 Å². The summed E-state index contributed by atoms with van der Waals surface area (Å²) in [4.78, 5) is 0. The summed E-state index contributed by atoms with van der Waals surface area (Å²) in [7, 11) is 0. The first-order valence-corrected chi connectivity index (χ1v) is 5.62. The third kappa shape index (κ3) is 1.57. The van der Waals surface area contributed by atoms with Crippen molar-refractivity contribution in [3.63, 3.8) is 0 Å². The van der Waals surface area contributed by atoms with Crippen molar-refractivity contribution >= 4 is 11.8 Å². The normalized spacial score (nSPS) is 37.1. The SMILES string of the molecule is CC1(C)CSC(C2CCC2)N1. The fraction of sp³-hybridized carbons (Fsp3) is 1.00. The summed E-state index contributed by atoms with van der Waals surface area (Å²) in [6.07, 6.45) is 4.38. The summed E-state index contributed by atoms with van der Waals surface area (Å²) < 4.78 is 0. The molecule has 0 aromatic carbocycles. The standard InChI is InChI=1S/C9H17NS/c1-9(2)6-11-8(10-9)7-4-3-5-7/h7-8,10H,3-6H2,1-2H3. The van der Waals surface area contributed by atoms with Gasteiger partial charge in [-0.25, -0.2) is 0 Å². The van der Waals surface area contributed by atoms with E-state index < -0.39 is 0 Å². The van der Waals surface area contributed by atoms with Crippen LogP contribution in [0.25, 0.3) is 0 Å². The number of thioether (sulfide) groups is 1. The largest absolute Gasteiger partial charge is 0.299 e. The zero-order valence-electron chi connectivity index (χ0n) is 7.39. The number of rotatable bonds is 1. The Labute approximate surface area is 73.3 Å². The third-order valence-electron chi connectivity index (χ3n) is 2.73. The van der Waals surface area contributed by atoms with Crippen LogP contribution in [-0.2, 0) is 0 Å². The molecule has 1 heterocycles. The molecule has 0 aromatic heterocycles. The van der Waals surface area contributed by atoms with E-state index in [4.69, 9.17) is 0 Å². The molecule has 1 nitrogen and oxygen atoms in total.